The summed E-state index contributed by atoms with van der Waals surface area (Å²) in [5.74, 6) is -1.54. The quantitative estimate of drug-likeness (QED) is 0.579. The SMILES string of the molecule is CC1(C)O[C@H]([C@@H]2[C@H](OCc3ccccc3)C(=O)N2Cc2ccccc2)[C@@H]([C@H]2COC(C)(C)O2)O1. The summed E-state index contributed by atoms with van der Waals surface area (Å²) in [5.41, 5.74) is 2.07. The fourth-order valence-electron chi connectivity index (χ4n) is 5.03. The Morgan fingerprint density at radius 1 is 0.853 bits per heavy atom. The molecule has 0 saturated carbocycles. The van der Waals surface area contributed by atoms with Gasteiger partial charge in [-0.3, -0.25) is 4.79 Å². The number of benzene rings is 2. The molecular weight excluding hydrogens is 434 g/mol. The maximum atomic E-state index is 13.3. The largest absolute Gasteiger partial charge is 0.361 e. The zero-order chi connectivity index (χ0) is 23.9. The van der Waals surface area contributed by atoms with Crippen LogP contribution in [0, 0.1) is 0 Å². The van der Waals surface area contributed by atoms with E-state index < -0.39 is 29.9 Å². The number of amides is 1. The van der Waals surface area contributed by atoms with Crippen LogP contribution in [0.2, 0.25) is 0 Å². The molecule has 2 aromatic rings. The zero-order valence-corrected chi connectivity index (χ0v) is 20.2. The normalized spacial score (nSPS) is 32.1. The highest BCUT2D eigenvalue weighted by Gasteiger charge is 2.61. The molecule has 34 heavy (non-hydrogen) atoms. The number of nitrogens with zero attached hydrogens (tertiary/aromatic N) is 1. The second kappa shape index (κ2) is 9.06. The maximum absolute atomic E-state index is 13.3. The molecule has 0 N–H and O–H groups in total. The van der Waals surface area contributed by atoms with Gasteiger partial charge in [0.2, 0.25) is 0 Å². The van der Waals surface area contributed by atoms with Crippen LogP contribution in [0.5, 0.6) is 0 Å². The van der Waals surface area contributed by atoms with Crippen LogP contribution in [0.3, 0.4) is 0 Å². The second-order valence-corrected chi connectivity index (χ2v) is 10.1. The Labute approximate surface area is 200 Å². The van der Waals surface area contributed by atoms with Crippen LogP contribution in [-0.4, -0.2) is 59.4 Å². The van der Waals surface area contributed by atoms with Crippen molar-refractivity contribution in [1.82, 2.24) is 4.90 Å². The lowest BCUT2D eigenvalue weighted by atomic mass is 9.87. The summed E-state index contributed by atoms with van der Waals surface area (Å²) in [6, 6.07) is 19.5. The van der Waals surface area contributed by atoms with Crippen LogP contribution in [0.4, 0.5) is 0 Å². The smallest absolute Gasteiger partial charge is 0.254 e. The summed E-state index contributed by atoms with van der Waals surface area (Å²) < 4.78 is 30.9. The van der Waals surface area contributed by atoms with E-state index in [1.54, 1.807) is 0 Å². The molecule has 182 valence electrons. The van der Waals surface area contributed by atoms with Crippen LogP contribution in [0.1, 0.15) is 38.8 Å². The monoisotopic (exact) mass is 467 g/mol. The van der Waals surface area contributed by atoms with Crippen LogP contribution < -0.4 is 0 Å². The summed E-state index contributed by atoms with van der Waals surface area (Å²) >= 11 is 0. The minimum Gasteiger partial charge on any atom is -0.361 e. The first kappa shape index (κ1) is 23.5. The third-order valence-electron chi connectivity index (χ3n) is 6.56. The Kier molecular flexibility index (Phi) is 6.25. The highest BCUT2D eigenvalue weighted by atomic mass is 16.8. The Bertz CT molecular complexity index is 995. The molecule has 0 spiro atoms. The summed E-state index contributed by atoms with van der Waals surface area (Å²) in [7, 11) is 0. The number of carbonyl (C=O) groups is 1. The van der Waals surface area contributed by atoms with E-state index in [0.717, 1.165) is 11.1 Å². The molecule has 2 aromatic carbocycles. The van der Waals surface area contributed by atoms with Crippen LogP contribution in [0.15, 0.2) is 60.7 Å². The number of rotatable bonds is 7. The van der Waals surface area contributed by atoms with Gasteiger partial charge in [-0.25, -0.2) is 0 Å². The molecule has 0 radical (unpaired) electrons. The fourth-order valence-corrected chi connectivity index (χ4v) is 5.03. The second-order valence-electron chi connectivity index (χ2n) is 10.1. The van der Waals surface area contributed by atoms with Crippen LogP contribution >= 0.6 is 0 Å². The molecule has 3 aliphatic rings. The van der Waals surface area contributed by atoms with Crippen molar-refractivity contribution in [1.29, 1.82) is 0 Å². The Morgan fingerprint density at radius 3 is 2.09 bits per heavy atom. The lowest BCUT2D eigenvalue weighted by Gasteiger charge is -2.50. The lowest BCUT2D eigenvalue weighted by molar-refractivity contribution is -0.200. The summed E-state index contributed by atoms with van der Waals surface area (Å²) in [6.45, 7) is 8.81. The molecule has 3 aliphatic heterocycles. The standard InChI is InChI=1S/C27H33NO6/c1-26(2)31-17-20(32-26)22-23(34-27(3,4)33-22)21-24(30-16-19-13-9-6-10-14-19)25(29)28(21)15-18-11-7-5-8-12-18/h5-14,20-24H,15-17H2,1-4H3/t20-,21-,22-,23-,24+/m1/s1. The van der Waals surface area contributed by atoms with E-state index in [2.05, 4.69) is 0 Å². The summed E-state index contributed by atoms with van der Waals surface area (Å²) in [4.78, 5) is 15.1. The van der Waals surface area contributed by atoms with E-state index in [1.807, 2.05) is 93.3 Å². The predicted octanol–water partition coefficient (Wildman–Crippen LogP) is 3.65. The van der Waals surface area contributed by atoms with Gasteiger partial charge in [0.25, 0.3) is 5.91 Å². The number of β-lactam (4-membered cyclic amide) rings is 1. The maximum Gasteiger partial charge on any atom is 0.254 e. The molecule has 1 amide bonds. The molecule has 3 fully saturated rings. The van der Waals surface area contributed by atoms with E-state index in [4.69, 9.17) is 23.7 Å². The number of carbonyl (C=O) groups excluding carboxylic acids is 1. The number of hydrogen-bond donors (Lipinski definition) is 0. The molecule has 5 atom stereocenters. The van der Waals surface area contributed by atoms with Gasteiger partial charge in [-0.2, -0.15) is 0 Å². The average Bonchev–Trinajstić information content (AvgIpc) is 3.33. The van der Waals surface area contributed by atoms with Gasteiger partial charge in [-0.15, -0.1) is 0 Å². The van der Waals surface area contributed by atoms with Crippen molar-refractivity contribution < 1.29 is 28.5 Å². The van der Waals surface area contributed by atoms with Crippen molar-refractivity contribution in [3.63, 3.8) is 0 Å². The molecule has 0 bridgehead atoms. The Balaban J connectivity index is 1.40. The van der Waals surface area contributed by atoms with Gasteiger partial charge >= 0.3 is 0 Å². The van der Waals surface area contributed by atoms with Gasteiger partial charge in [0.05, 0.1) is 19.3 Å². The van der Waals surface area contributed by atoms with E-state index in [1.165, 1.54) is 0 Å². The molecule has 3 heterocycles. The highest BCUT2D eigenvalue weighted by molar-refractivity contribution is 5.88. The molecule has 0 aliphatic carbocycles. The summed E-state index contributed by atoms with van der Waals surface area (Å²) in [6.07, 6.45) is -1.73. The predicted molar refractivity (Wildman–Crippen MR) is 125 cm³/mol. The lowest BCUT2D eigenvalue weighted by Crippen LogP contribution is -2.71. The van der Waals surface area contributed by atoms with Crippen molar-refractivity contribution >= 4 is 5.91 Å². The average molecular weight is 468 g/mol. The molecule has 7 heteroatoms. The van der Waals surface area contributed by atoms with Crippen LogP contribution in [-0.2, 0) is 41.6 Å². The van der Waals surface area contributed by atoms with E-state index in [-0.39, 0.29) is 18.1 Å². The van der Waals surface area contributed by atoms with E-state index >= 15 is 0 Å². The third kappa shape index (κ3) is 4.76. The van der Waals surface area contributed by atoms with Gasteiger partial charge in [0.15, 0.2) is 17.7 Å². The molecule has 0 aromatic heterocycles. The minimum absolute atomic E-state index is 0.0410. The van der Waals surface area contributed by atoms with Gasteiger partial charge in [0.1, 0.15) is 18.3 Å². The number of likely N-dealkylation sites (tertiary alicyclic amines) is 1. The first-order valence-corrected chi connectivity index (χ1v) is 11.9. The van der Waals surface area contributed by atoms with Gasteiger partial charge in [-0.1, -0.05) is 60.7 Å². The van der Waals surface area contributed by atoms with Crippen molar-refractivity contribution in [3.8, 4) is 0 Å². The Morgan fingerprint density at radius 2 is 1.47 bits per heavy atom. The van der Waals surface area contributed by atoms with Crippen molar-refractivity contribution in [2.75, 3.05) is 6.61 Å². The molecule has 0 unspecified atom stereocenters. The topological polar surface area (TPSA) is 66.5 Å². The molecule has 3 saturated heterocycles. The molecular formula is C27H33NO6. The minimum atomic E-state index is -0.813. The fraction of sp³-hybridized carbons (Fsp3) is 0.519. The Hall–Kier alpha value is -2.29. The van der Waals surface area contributed by atoms with Gasteiger partial charge in [-0.05, 0) is 38.8 Å². The number of hydrogen-bond acceptors (Lipinski definition) is 6. The highest BCUT2D eigenvalue weighted by Crippen LogP contribution is 2.42. The van der Waals surface area contributed by atoms with Gasteiger partial charge < -0.3 is 28.6 Å². The van der Waals surface area contributed by atoms with Gasteiger partial charge in [0, 0.05) is 6.54 Å². The summed E-state index contributed by atoms with van der Waals surface area (Å²) in [5, 5.41) is 0. The third-order valence-corrected chi connectivity index (χ3v) is 6.56. The van der Waals surface area contributed by atoms with Crippen molar-refractivity contribution in [2.45, 2.75) is 82.9 Å². The van der Waals surface area contributed by atoms with Crippen LogP contribution in [0.25, 0.3) is 0 Å². The van der Waals surface area contributed by atoms with Crippen molar-refractivity contribution in [3.05, 3.63) is 71.8 Å². The van der Waals surface area contributed by atoms with Crippen molar-refractivity contribution in [2.24, 2.45) is 0 Å². The first-order chi connectivity index (χ1) is 16.2. The van der Waals surface area contributed by atoms with E-state index in [0.29, 0.717) is 19.8 Å². The molecule has 5 rings (SSSR count). The van der Waals surface area contributed by atoms with E-state index in [9.17, 15) is 4.79 Å². The zero-order valence-electron chi connectivity index (χ0n) is 20.2. The molecule has 7 nitrogen and oxygen atoms in total. The number of ether oxygens (including phenoxy) is 5. The first-order valence-electron chi connectivity index (χ1n) is 11.9.